The number of carbonyl (C=O) groups is 1. The fourth-order valence-electron chi connectivity index (χ4n) is 2.92. The first-order valence-corrected chi connectivity index (χ1v) is 9.34. The molecule has 2 aromatic carbocycles. The van der Waals surface area contributed by atoms with Gasteiger partial charge in [-0.15, -0.1) is 0 Å². The molecule has 0 aliphatic carbocycles. The normalized spacial score (nSPS) is 10.9. The number of furan rings is 1. The molecule has 3 rings (SSSR count). The van der Waals surface area contributed by atoms with Crippen LogP contribution in [0, 0.1) is 38.5 Å². The minimum atomic E-state index is -0.785. The molecule has 0 atom stereocenters. The maximum absolute atomic E-state index is 12.6. The summed E-state index contributed by atoms with van der Waals surface area (Å²) in [4.78, 5) is 33.5. The molecule has 11 nitrogen and oxygen atoms in total. The Bertz CT molecular complexity index is 1330. The van der Waals surface area contributed by atoms with Crippen LogP contribution in [0.2, 0.25) is 0 Å². The number of hydrogen-bond donors (Lipinski definition) is 1. The van der Waals surface area contributed by atoms with Gasteiger partial charge in [0.05, 0.1) is 28.2 Å². The van der Waals surface area contributed by atoms with Crippen molar-refractivity contribution in [3.8, 4) is 23.1 Å². The summed E-state index contributed by atoms with van der Waals surface area (Å²) in [6.45, 7) is 1.65. The molecule has 0 fully saturated rings. The zero-order valence-electron chi connectivity index (χ0n) is 17.4. The van der Waals surface area contributed by atoms with E-state index in [2.05, 4.69) is 5.32 Å². The van der Waals surface area contributed by atoms with Crippen molar-refractivity contribution in [1.82, 2.24) is 0 Å². The summed E-state index contributed by atoms with van der Waals surface area (Å²) in [5.41, 5.74) is 0.402. The van der Waals surface area contributed by atoms with Crippen LogP contribution in [-0.4, -0.2) is 22.9 Å². The number of anilines is 1. The van der Waals surface area contributed by atoms with Crippen LogP contribution in [0.15, 0.2) is 58.5 Å². The van der Waals surface area contributed by atoms with Gasteiger partial charge in [0, 0.05) is 30.3 Å². The number of nitrogens with one attached hydrogen (secondary N) is 1. The molecule has 0 spiro atoms. The first-order valence-electron chi connectivity index (χ1n) is 9.34. The van der Waals surface area contributed by atoms with Crippen LogP contribution < -0.4 is 10.1 Å². The summed E-state index contributed by atoms with van der Waals surface area (Å²) in [6.07, 6.45) is 1.19. The third-order valence-electron chi connectivity index (χ3n) is 4.62. The molecule has 1 aromatic heterocycles. The second-order valence-corrected chi connectivity index (χ2v) is 6.72. The van der Waals surface area contributed by atoms with E-state index in [9.17, 15) is 30.3 Å². The minimum absolute atomic E-state index is 0.140. The average molecular weight is 448 g/mol. The number of nitro groups is 2. The molecule has 0 aliphatic heterocycles. The van der Waals surface area contributed by atoms with Crippen LogP contribution >= 0.6 is 0 Å². The summed E-state index contributed by atoms with van der Waals surface area (Å²) < 4.78 is 10.9. The Morgan fingerprint density at radius 1 is 1.09 bits per heavy atom. The summed E-state index contributed by atoms with van der Waals surface area (Å²) in [6, 6.07) is 12.8. The van der Waals surface area contributed by atoms with E-state index >= 15 is 0 Å². The summed E-state index contributed by atoms with van der Waals surface area (Å²) in [7, 11) is 1.41. The Hall–Kier alpha value is -4.98. The molecule has 3 aromatic rings. The number of nitro benzene ring substituents is 2. The van der Waals surface area contributed by atoms with Gasteiger partial charge in [-0.3, -0.25) is 25.0 Å². The number of ether oxygens (including phenoxy) is 1. The second-order valence-electron chi connectivity index (χ2n) is 6.72. The first kappa shape index (κ1) is 22.7. The number of amides is 1. The highest BCUT2D eigenvalue weighted by atomic mass is 16.6. The molecule has 1 heterocycles. The van der Waals surface area contributed by atoms with Crippen LogP contribution in [0.1, 0.15) is 11.3 Å². The second kappa shape index (κ2) is 9.44. The van der Waals surface area contributed by atoms with Crippen molar-refractivity contribution in [2.24, 2.45) is 0 Å². The molecule has 0 aliphatic rings. The van der Waals surface area contributed by atoms with Gasteiger partial charge in [0.15, 0.2) is 0 Å². The number of benzene rings is 2. The highest BCUT2D eigenvalue weighted by Crippen LogP contribution is 2.34. The molecule has 0 unspecified atom stereocenters. The van der Waals surface area contributed by atoms with E-state index in [0.29, 0.717) is 16.9 Å². The van der Waals surface area contributed by atoms with E-state index in [1.807, 2.05) is 0 Å². The van der Waals surface area contributed by atoms with Gasteiger partial charge in [-0.25, -0.2) is 0 Å². The van der Waals surface area contributed by atoms with E-state index in [1.54, 1.807) is 13.0 Å². The number of carbonyl (C=O) groups excluding carboxylic acids is 1. The number of rotatable bonds is 7. The van der Waals surface area contributed by atoms with Crippen LogP contribution in [0.25, 0.3) is 17.4 Å². The SMILES string of the molecule is COc1ccc([N+](=O)[O-])cc1-c1ccc(/C=C(\C#N)C(=O)Nc2cc([N+](=O)[O-])ccc2C)o1. The lowest BCUT2D eigenvalue weighted by atomic mass is 10.1. The van der Waals surface area contributed by atoms with E-state index in [1.165, 1.54) is 61.7 Å². The van der Waals surface area contributed by atoms with Gasteiger partial charge in [0.25, 0.3) is 17.3 Å². The van der Waals surface area contributed by atoms with Gasteiger partial charge >= 0.3 is 0 Å². The fraction of sp³-hybridized carbons (Fsp3) is 0.0909. The predicted molar refractivity (Wildman–Crippen MR) is 117 cm³/mol. The van der Waals surface area contributed by atoms with Crippen molar-refractivity contribution in [2.75, 3.05) is 12.4 Å². The molecule has 33 heavy (non-hydrogen) atoms. The van der Waals surface area contributed by atoms with Crippen molar-refractivity contribution >= 4 is 29.0 Å². The third kappa shape index (κ3) is 5.02. The molecule has 166 valence electrons. The zero-order valence-corrected chi connectivity index (χ0v) is 17.4. The fourth-order valence-corrected chi connectivity index (χ4v) is 2.92. The van der Waals surface area contributed by atoms with Gasteiger partial charge in [0.1, 0.15) is 28.9 Å². The number of non-ortho nitro benzene ring substituents is 2. The highest BCUT2D eigenvalue weighted by molar-refractivity contribution is 6.09. The van der Waals surface area contributed by atoms with Crippen molar-refractivity contribution in [3.63, 3.8) is 0 Å². The molecule has 0 bridgehead atoms. The summed E-state index contributed by atoms with van der Waals surface area (Å²) in [5, 5.41) is 34.0. The van der Waals surface area contributed by atoms with Gasteiger partial charge in [-0.2, -0.15) is 5.26 Å². The zero-order chi connectivity index (χ0) is 24.1. The number of aryl methyl sites for hydroxylation is 1. The maximum atomic E-state index is 12.6. The van der Waals surface area contributed by atoms with Gasteiger partial charge in [-0.05, 0) is 30.7 Å². The number of hydrogen-bond acceptors (Lipinski definition) is 8. The van der Waals surface area contributed by atoms with Crippen LogP contribution in [-0.2, 0) is 4.79 Å². The smallest absolute Gasteiger partial charge is 0.271 e. The van der Waals surface area contributed by atoms with E-state index in [0.717, 1.165) is 0 Å². The van der Waals surface area contributed by atoms with Crippen molar-refractivity contribution in [3.05, 3.63) is 85.7 Å². The molecular weight excluding hydrogens is 432 g/mol. The molecule has 1 amide bonds. The van der Waals surface area contributed by atoms with Crippen LogP contribution in [0.5, 0.6) is 5.75 Å². The van der Waals surface area contributed by atoms with E-state index in [4.69, 9.17) is 9.15 Å². The van der Waals surface area contributed by atoms with Crippen molar-refractivity contribution < 1.29 is 23.8 Å². The Balaban J connectivity index is 1.90. The molecule has 11 heteroatoms. The van der Waals surface area contributed by atoms with E-state index < -0.39 is 15.8 Å². The first-order chi connectivity index (χ1) is 15.7. The van der Waals surface area contributed by atoms with Gasteiger partial charge < -0.3 is 14.5 Å². The molecule has 0 saturated heterocycles. The Morgan fingerprint density at radius 2 is 1.76 bits per heavy atom. The third-order valence-corrected chi connectivity index (χ3v) is 4.62. The number of nitriles is 1. The maximum Gasteiger partial charge on any atom is 0.271 e. The number of methoxy groups -OCH3 is 1. The highest BCUT2D eigenvalue weighted by Gasteiger charge is 2.18. The lowest BCUT2D eigenvalue weighted by Gasteiger charge is -2.07. The molecule has 0 radical (unpaired) electrons. The molecule has 1 N–H and O–H groups in total. The topological polar surface area (TPSA) is 162 Å². The van der Waals surface area contributed by atoms with Crippen LogP contribution in [0.3, 0.4) is 0 Å². The lowest BCUT2D eigenvalue weighted by molar-refractivity contribution is -0.385. The molecular formula is C22H16N4O7. The quantitative estimate of drug-likeness (QED) is 0.237. The van der Waals surface area contributed by atoms with Gasteiger partial charge in [-0.1, -0.05) is 6.07 Å². The van der Waals surface area contributed by atoms with Crippen molar-refractivity contribution in [1.29, 1.82) is 5.26 Å². The summed E-state index contributed by atoms with van der Waals surface area (Å²) in [5.74, 6) is -0.0769. The Kier molecular flexibility index (Phi) is 6.49. The Morgan fingerprint density at radius 3 is 2.39 bits per heavy atom. The summed E-state index contributed by atoms with van der Waals surface area (Å²) >= 11 is 0. The van der Waals surface area contributed by atoms with Gasteiger partial charge in [0.2, 0.25) is 0 Å². The van der Waals surface area contributed by atoms with Crippen molar-refractivity contribution in [2.45, 2.75) is 6.92 Å². The van der Waals surface area contributed by atoms with E-state index in [-0.39, 0.29) is 34.2 Å². The largest absolute Gasteiger partial charge is 0.496 e. The Labute approximate surface area is 186 Å². The van der Waals surface area contributed by atoms with Crippen LogP contribution in [0.4, 0.5) is 17.1 Å². The predicted octanol–water partition coefficient (Wildman–Crippen LogP) is 4.63. The average Bonchev–Trinajstić information content (AvgIpc) is 3.26. The number of nitrogens with zero attached hydrogens (tertiary/aromatic N) is 3. The molecule has 0 saturated carbocycles. The standard InChI is InChI=1S/C22H16N4O7/c1-13-3-4-16(26(30)31)11-19(13)24-22(27)14(12-23)9-17-6-8-21(33-17)18-10-15(25(28)29)5-7-20(18)32-2/h3-11H,1-2H3,(H,24,27)/b14-9+. The monoisotopic (exact) mass is 448 g/mol. The minimum Gasteiger partial charge on any atom is -0.496 e. The lowest BCUT2D eigenvalue weighted by Crippen LogP contribution is -2.14.